The molecule has 0 spiro atoms. The molecule has 7 heteroatoms. The SMILES string of the molecule is O=C(C1CCCN(S(=O)(=O)C=Cc2ccccc2)C1)N1CCOCC1. The van der Waals surface area contributed by atoms with E-state index in [-0.39, 0.29) is 18.4 Å². The number of ether oxygens (including phenoxy) is 1. The first-order chi connectivity index (χ1) is 12.1. The molecule has 1 unspecified atom stereocenters. The van der Waals surface area contributed by atoms with E-state index in [9.17, 15) is 13.2 Å². The smallest absolute Gasteiger partial charge is 0.236 e. The fourth-order valence-electron chi connectivity index (χ4n) is 3.23. The van der Waals surface area contributed by atoms with Crippen LogP contribution in [-0.2, 0) is 19.6 Å². The number of hydrogen-bond acceptors (Lipinski definition) is 4. The van der Waals surface area contributed by atoms with E-state index in [4.69, 9.17) is 4.74 Å². The van der Waals surface area contributed by atoms with Crippen LogP contribution in [0.4, 0.5) is 0 Å². The molecular formula is C18H24N2O4S. The van der Waals surface area contributed by atoms with Crippen molar-refractivity contribution in [3.8, 4) is 0 Å². The maximum absolute atomic E-state index is 12.6. The highest BCUT2D eigenvalue weighted by molar-refractivity contribution is 7.92. The molecule has 2 heterocycles. The van der Waals surface area contributed by atoms with Crippen molar-refractivity contribution in [2.24, 2.45) is 5.92 Å². The standard InChI is InChI=1S/C18H24N2O4S/c21-18(19-10-12-24-13-11-19)17-7-4-9-20(15-17)25(22,23)14-8-16-5-2-1-3-6-16/h1-3,5-6,8,14,17H,4,7,9-13,15H2. The molecule has 2 fully saturated rings. The molecule has 0 bridgehead atoms. The van der Waals surface area contributed by atoms with Crippen LogP contribution in [0.2, 0.25) is 0 Å². The van der Waals surface area contributed by atoms with Gasteiger partial charge in [0.15, 0.2) is 0 Å². The molecule has 2 aliphatic heterocycles. The van der Waals surface area contributed by atoms with Crippen molar-refractivity contribution in [1.82, 2.24) is 9.21 Å². The fraction of sp³-hybridized carbons (Fsp3) is 0.500. The molecule has 2 saturated heterocycles. The summed E-state index contributed by atoms with van der Waals surface area (Å²) >= 11 is 0. The molecule has 136 valence electrons. The highest BCUT2D eigenvalue weighted by atomic mass is 32.2. The molecule has 0 aliphatic carbocycles. The zero-order chi connectivity index (χ0) is 17.7. The Kier molecular flexibility index (Phi) is 5.88. The monoisotopic (exact) mass is 364 g/mol. The average molecular weight is 364 g/mol. The summed E-state index contributed by atoms with van der Waals surface area (Å²) in [5.74, 6) is -0.206. The van der Waals surface area contributed by atoms with E-state index in [1.165, 1.54) is 9.71 Å². The Morgan fingerprint density at radius 2 is 1.84 bits per heavy atom. The van der Waals surface area contributed by atoms with Gasteiger partial charge in [-0.3, -0.25) is 4.79 Å². The van der Waals surface area contributed by atoms with Crippen molar-refractivity contribution in [2.75, 3.05) is 39.4 Å². The molecule has 3 rings (SSSR count). The van der Waals surface area contributed by atoms with E-state index in [0.29, 0.717) is 39.3 Å². The van der Waals surface area contributed by atoms with Gasteiger partial charge in [0.25, 0.3) is 0 Å². The van der Waals surface area contributed by atoms with Gasteiger partial charge < -0.3 is 9.64 Å². The van der Waals surface area contributed by atoms with Crippen molar-refractivity contribution in [3.63, 3.8) is 0 Å². The molecule has 2 aliphatic rings. The summed E-state index contributed by atoms with van der Waals surface area (Å²) in [6, 6.07) is 9.33. The highest BCUT2D eigenvalue weighted by Gasteiger charge is 2.33. The molecule has 6 nitrogen and oxygen atoms in total. The second kappa shape index (κ2) is 8.12. The molecule has 1 amide bonds. The van der Waals surface area contributed by atoms with Crippen LogP contribution in [0.15, 0.2) is 35.7 Å². The third-order valence-corrected chi connectivity index (χ3v) is 6.18. The third kappa shape index (κ3) is 4.68. The molecule has 0 aromatic heterocycles. The molecule has 1 aromatic carbocycles. The summed E-state index contributed by atoms with van der Waals surface area (Å²) in [7, 11) is -3.52. The van der Waals surface area contributed by atoms with Crippen molar-refractivity contribution < 1.29 is 17.9 Å². The molecule has 0 N–H and O–H groups in total. The van der Waals surface area contributed by atoms with Crippen LogP contribution < -0.4 is 0 Å². The van der Waals surface area contributed by atoms with E-state index >= 15 is 0 Å². The third-order valence-electron chi connectivity index (χ3n) is 4.65. The molecule has 0 saturated carbocycles. The van der Waals surface area contributed by atoms with Gasteiger partial charge in [-0.05, 0) is 24.5 Å². The number of carbonyl (C=O) groups excluding carboxylic acids is 1. The summed E-state index contributed by atoms with van der Waals surface area (Å²) in [6.45, 7) is 3.03. The van der Waals surface area contributed by atoms with Crippen LogP contribution in [0, 0.1) is 5.92 Å². The molecule has 1 aromatic rings. The van der Waals surface area contributed by atoms with Crippen molar-refractivity contribution in [3.05, 3.63) is 41.3 Å². The number of rotatable bonds is 4. The lowest BCUT2D eigenvalue weighted by atomic mass is 9.98. The number of morpholine rings is 1. The van der Waals surface area contributed by atoms with Crippen molar-refractivity contribution >= 4 is 22.0 Å². The van der Waals surface area contributed by atoms with Crippen LogP contribution in [0.25, 0.3) is 6.08 Å². The zero-order valence-electron chi connectivity index (χ0n) is 14.2. The van der Waals surface area contributed by atoms with Gasteiger partial charge >= 0.3 is 0 Å². The summed E-state index contributed by atoms with van der Waals surface area (Å²) in [5, 5.41) is 1.24. The lowest BCUT2D eigenvalue weighted by Crippen LogP contribution is -2.49. The Balaban J connectivity index is 1.65. The van der Waals surface area contributed by atoms with Gasteiger partial charge in [-0.2, -0.15) is 4.31 Å². The number of sulfonamides is 1. The number of nitrogens with zero attached hydrogens (tertiary/aromatic N) is 2. The molecule has 25 heavy (non-hydrogen) atoms. The van der Waals surface area contributed by atoms with Gasteiger partial charge in [0.1, 0.15) is 0 Å². The average Bonchev–Trinajstić information content (AvgIpc) is 2.67. The first-order valence-corrected chi connectivity index (χ1v) is 10.2. The number of benzene rings is 1. The van der Waals surface area contributed by atoms with Gasteiger partial charge in [-0.25, -0.2) is 8.42 Å². The lowest BCUT2D eigenvalue weighted by molar-refractivity contribution is -0.140. The molecular weight excluding hydrogens is 340 g/mol. The van der Waals surface area contributed by atoms with Crippen molar-refractivity contribution in [1.29, 1.82) is 0 Å². The minimum atomic E-state index is -3.52. The maximum Gasteiger partial charge on any atom is 0.236 e. The lowest BCUT2D eigenvalue weighted by Gasteiger charge is -2.35. The van der Waals surface area contributed by atoms with Crippen LogP contribution in [0.5, 0.6) is 0 Å². The van der Waals surface area contributed by atoms with E-state index in [1.54, 1.807) is 11.0 Å². The Hall–Kier alpha value is -1.70. The second-order valence-electron chi connectivity index (χ2n) is 6.39. The van der Waals surface area contributed by atoms with Gasteiger partial charge in [0.05, 0.1) is 19.1 Å². The zero-order valence-corrected chi connectivity index (χ0v) is 15.0. The first-order valence-electron chi connectivity index (χ1n) is 8.66. The number of carbonyl (C=O) groups is 1. The van der Waals surface area contributed by atoms with E-state index in [1.807, 2.05) is 30.3 Å². The van der Waals surface area contributed by atoms with Crippen LogP contribution in [-0.4, -0.2) is 62.9 Å². The highest BCUT2D eigenvalue weighted by Crippen LogP contribution is 2.22. The topological polar surface area (TPSA) is 66.9 Å². The normalized spacial score (nSPS) is 23.0. The second-order valence-corrected chi connectivity index (χ2v) is 8.21. The molecule has 0 radical (unpaired) electrons. The van der Waals surface area contributed by atoms with E-state index in [2.05, 4.69) is 0 Å². The predicted octanol–water partition coefficient (Wildman–Crippen LogP) is 1.56. The Labute approximate surface area is 149 Å². The van der Waals surface area contributed by atoms with E-state index < -0.39 is 10.0 Å². The predicted molar refractivity (Wildman–Crippen MR) is 96.1 cm³/mol. The molecule has 1 atom stereocenters. The van der Waals surface area contributed by atoms with Gasteiger partial charge in [0, 0.05) is 31.6 Å². The summed E-state index contributed by atoms with van der Waals surface area (Å²) in [6.07, 6.45) is 3.05. The van der Waals surface area contributed by atoms with Crippen molar-refractivity contribution in [2.45, 2.75) is 12.8 Å². The van der Waals surface area contributed by atoms with E-state index in [0.717, 1.165) is 12.0 Å². The quantitative estimate of drug-likeness (QED) is 0.813. The van der Waals surface area contributed by atoms with Gasteiger partial charge in [0.2, 0.25) is 15.9 Å². The van der Waals surface area contributed by atoms with Crippen LogP contribution in [0.3, 0.4) is 0 Å². The summed E-state index contributed by atoms with van der Waals surface area (Å²) < 4.78 is 31.9. The largest absolute Gasteiger partial charge is 0.378 e. The Morgan fingerprint density at radius 1 is 1.12 bits per heavy atom. The first kappa shape index (κ1) is 18.1. The fourth-order valence-corrected chi connectivity index (χ4v) is 4.50. The van der Waals surface area contributed by atoms with Crippen LogP contribution in [0.1, 0.15) is 18.4 Å². The number of piperidine rings is 1. The maximum atomic E-state index is 12.6. The number of amides is 1. The Bertz CT molecular complexity index is 712. The summed E-state index contributed by atoms with van der Waals surface area (Å²) in [5.41, 5.74) is 0.837. The summed E-state index contributed by atoms with van der Waals surface area (Å²) in [4.78, 5) is 14.4. The minimum absolute atomic E-state index is 0.0511. The van der Waals surface area contributed by atoms with Crippen LogP contribution >= 0.6 is 0 Å². The minimum Gasteiger partial charge on any atom is -0.378 e. The Morgan fingerprint density at radius 3 is 2.56 bits per heavy atom. The van der Waals surface area contributed by atoms with Gasteiger partial charge in [-0.1, -0.05) is 30.3 Å². The number of hydrogen-bond donors (Lipinski definition) is 0. The van der Waals surface area contributed by atoms with Gasteiger partial charge in [-0.15, -0.1) is 0 Å².